The average Bonchev–Trinajstić information content (AvgIpc) is 2.75. The zero-order valence-corrected chi connectivity index (χ0v) is 13.7. The summed E-state index contributed by atoms with van der Waals surface area (Å²) in [6.07, 6.45) is 0.736. The van der Waals surface area contributed by atoms with Gasteiger partial charge in [-0.15, -0.1) is 11.3 Å². The molecule has 1 aromatic heterocycles. The first kappa shape index (κ1) is 14.7. The fourth-order valence-electron chi connectivity index (χ4n) is 1.55. The molecule has 0 fully saturated rings. The van der Waals surface area contributed by atoms with Crippen molar-refractivity contribution >= 4 is 49.1 Å². The van der Waals surface area contributed by atoms with Gasteiger partial charge < -0.3 is 5.32 Å². The molecule has 2 rings (SSSR count). The van der Waals surface area contributed by atoms with E-state index in [1.54, 1.807) is 17.4 Å². The van der Waals surface area contributed by atoms with Crippen LogP contribution in [0.5, 0.6) is 0 Å². The minimum absolute atomic E-state index is 0.0653. The van der Waals surface area contributed by atoms with Gasteiger partial charge in [0.25, 0.3) is 5.91 Å². The van der Waals surface area contributed by atoms with Crippen LogP contribution >= 0.6 is 43.2 Å². The molecule has 0 atom stereocenters. The molecule has 1 N–H and O–H groups in total. The highest BCUT2D eigenvalue weighted by molar-refractivity contribution is 9.11. The van der Waals surface area contributed by atoms with Gasteiger partial charge in [-0.25, -0.2) is 4.39 Å². The Bertz CT molecular complexity index is 600. The van der Waals surface area contributed by atoms with Crippen LogP contribution < -0.4 is 5.32 Å². The lowest BCUT2D eigenvalue weighted by Crippen LogP contribution is -2.26. The van der Waals surface area contributed by atoms with E-state index in [-0.39, 0.29) is 11.5 Å². The van der Waals surface area contributed by atoms with E-state index in [4.69, 9.17) is 0 Å². The maximum absolute atomic E-state index is 13.6. The van der Waals surface area contributed by atoms with Crippen LogP contribution in [0.15, 0.2) is 38.6 Å². The van der Waals surface area contributed by atoms with Crippen LogP contribution in [0.1, 0.15) is 15.2 Å². The third kappa shape index (κ3) is 4.12. The predicted molar refractivity (Wildman–Crippen MR) is 82.2 cm³/mol. The summed E-state index contributed by atoms with van der Waals surface area (Å²) in [5.74, 6) is -0.911. The summed E-state index contributed by atoms with van der Waals surface area (Å²) in [6, 6.07) is 8.37. The van der Waals surface area contributed by atoms with Crippen molar-refractivity contribution in [1.29, 1.82) is 0 Å². The molecule has 0 aliphatic rings. The Balaban J connectivity index is 1.90. The van der Waals surface area contributed by atoms with Crippen molar-refractivity contribution in [2.45, 2.75) is 6.42 Å². The number of halogens is 3. The third-order valence-corrected chi connectivity index (χ3v) is 4.64. The van der Waals surface area contributed by atoms with E-state index in [9.17, 15) is 9.18 Å². The van der Waals surface area contributed by atoms with Crippen molar-refractivity contribution in [3.8, 4) is 0 Å². The standard InChI is InChI=1S/C13H10Br2FNOS/c14-8-1-3-10(11(16)7-8)13(18)17-6-5-9-2-4-12(15)19-9/h1-4,7H,5-6H2,(H,17,18). The smallest absolute Gasteiger partial charge is 0.254 e. The lowest BCUT2D eigenvalue weighted by Gasteiger charge is -2.05. The quantitative estimate of drug-likeness (QED) is 0.801. The number of thiophene rings is 1. The molecule has 0 radical (unpaired) electrons. The molecule has 1 amide bonds. The van der Waals surface area contributed by atoms with Crippen LogP contribution in [-0.4, -0.2) is 12.5 Å². The fourth-order valence-corrected chi connectivity index (χ4v) is 3.37. The topological polar surface area (TPSA) is 29.1 Å². The van der Waals surface area contributed by atoms with Gasteiger partial charge in [0.15, 0.2) is 0 Å². The summed E-state index contributed by atoms with van der Waals surface area (Å²) in [5, 5.41) is 2.71. The molecule has 0 spiro atoms. The first-order valence-electron chi connectivity index (χ1n) is 5.54. The van der Waals surface area contributed by atoms with E-state index in [1.165, 1.54) is 17.0 Å². The molecular formula is C13H10Br2FNOS. The molecule has 2 nitrogen and oxygen atoms in total. The Morgan fingerprint density at radius 3 is 2.68 bits per heavy atom. The van der Waals surface area contributed by atoms with Crippen LogP contribution in [0.2, 0.25) is 0 Å². The number of amides is 1. The predicted octanol–water partition coefficient (Wildman–Crippen LogP) is 4.38. The number of hydrogen-bond acceptors (Lipinski definition) is 2. The first-order valence-corrected chi connectivity index (χ1v) is 7.94. The highest BCUT2D eigenvalue weighted by Gasteiger charge is 2.11. The number of rotatable bonds is 4. The van der Waals surface area contributed by atoms with Gasteiger partial charge in [-0.2, -0.15) is 0 Å². The van der Waals surface area contributed by atoms with Crippen LogP contribution in [0.3, 0.4) is 0 Å². The molecule has 0 saturated carbocycles. The summed E-state index contributed by atoms with van der Waals surface area (Å²) < 4.78 is 15.2. The van der Waals surface area contributed by atoms with Crippen molar-refractivity contribution in [3.63, 3.8) is 0 Å². The van der Waals surface area contributed by atoms with Gasteiger partial charge >= 0.3 is 0 Å². The minimum Gasteiger partial charge on any atom is -0.352 e. The lowest BCUT2D eigenvalue weighted by molar-refractivity contribution is 0.0950. The normalized spacial score (nSPS) is 10.5. The fraction of sp³-hybridized carbons (Fsp3) is 0.154. The second-order valence-electron chi connectivity index (χ2n) is 3.84. The van der Waals surface area contributed by atoms with Crippen LogP contribution in [0, 0.1) is 5.82 Å². The van der Waals surface area contributed by atoms with Gasteiger partial charge in [0.05, 0.1) is 9.35 Å². The van der Waals surface area contributed by atoms with Crippen molar-refractivity contribution < 1.29 is 9.18 Å². The molecule has 1 aromatic carbocycles. The molecule has 6 heteroatoms. The van der Waals surface area contributed by atoms with E-state index in [0.29, 0.717) is 11.0 Å². The summed E-state index contributed by atoms with van der Waals surface area (Å²) >= 11 is 8.16. The number of hydrogen-bond donors (Lipinski definition) is 1. The average molecular weight is 407 g/mol. The van der Waals surface area contributed by atoms with Gasteiger partial charge in [-0.05, 0) is 52.7 Å². The van der Waals surface area contributed by atoms with Crippen LogP contribution in [0.25, 0.3) is 0 Å². The number of carbonyl (C=O) groups is 1. The Hall–Kier alpha value is -0.720. The molecule has 0 aliphatic carbocycles. The molecule has 0 saturated heterocycles. The maximum Gasteiger partial charge on any atom is 0.254 e. The van der Waals surface area contributed by atoms with E-state index in [1.807, 2.05) is 12.1 Å². The molecule has 19 heavy (non-hydrogen) atoms. The summed E-state index contributed by atoms with van der Waals surface area (Å²) in [5.41, 5.74) is 0.0653. The summed E-state index contributed by atoms with van der Waals surface area (Å²) in [6.45, 7) is 0.487. The number of carbonyl (C=O) groups excluding carboxylic acids is 1. The van der Waals surface area contributed by atoms with Crippen molar-refractivity contribution in [2.24, 2.45) is 0 Å². The molecule has 0 bridgehead atoms. The highest BCUT2D eigenvalue weighted by Crippen LogP contribution is 2.22. The monoisotopic (exact) mass is 405 g/mol. The van der Waals surface area contributed by atoms with E-state index >= 15 is 0 Å². The van der Waals surface area contributed by atoms with E-state index in [2.05, 4.69) is 37.2 Å². The second kappa shape index (κ2) is 6.63. The lowest BCUT2D eigenvalue weighted by atomic mass is 10.2. The minimum atomic E-state index is -0.522. The Labute approximate surface area is 131 Å². The summed E-state index contributed by atoms with van der Waals surface area (Å²) in [7, 11) is 0. The Morgan fingerprint density at radius 1 is 1.26 bits per heavy atom. The molecule has 0 aliphatic heterocycles. The van der Waals surface area contributed by atoms with Gasteiger partial charge in [0.1, 0.15) is 5.82 Å². The van der Waals surface area contributed by atoms with Crippen LogP contribution in [-0.2, 0) is 6.42 Å². The van der Waals surface area contributed by atoms with Gasteiger partial charge in [-0.1, -0.05) is 15.9 Å². The molecule has 1 heterocycles. The maximum atomic E-state index is 13.6. The Morgan fingerprint density at radius 2 is 2.05 bits per heavy atom. The van der Waals surface area contributed by atoms with E-state index < -0.39 is 5.82 Å². The largest absolute Gasteiger partial charge is 0.352 e. The van der Waals surface area contributed by atoms with Gasteiger partial charge in [0, 0.05) is 15.9 Å². The van der Waals surface area contributed by atoms with Crippen molar-refractivity contribution in [1.82, 2.24) is 5.32 Å². The van der Waals surface area contributed by atoms with Gasteiger partial charge in [0.2, 0.25) is 0 Å². The Kier molecular flexibility index (Phi) is 5.13. The zero-order valence-electron chi connectivity index (χ0n) is 9.75. The number of benzene rings is 1. The second-order valence-corrected chi connectivity index (χ2v) is 7.30. The van der Waals surface area contributed by atoms with Crippen molar-refractivity contribution in [2.75, 3.05) is 6.54 Å². The summed E-state index contributed by atoms with van der Waals surface area (Å²) in [4.78, 5) is 13.0. The zero-order chi connectivity index (χ0) is 13.8. The van der Waals surface area contributed by atoms with Gasteiger partial charge in [-0.3, -0.25) is 4.79 Å². The molecule has 2 aromatic rings. The molecule has 0 unspecified atom stereocenters. The molecule has 100 valence electrons. The number of nitrogens with one attached hydrogen (secondary N) is 1. The van der Waals surface area contributed by atoms with Crippen molar-refractivity contribution in [3.05, 3.63) is 54.8 Å². The highest BCUT2D eigenvalue weighted by atomic mass is 79.9. The SMILES string of the molecule is O=C(NCCc1ccc(Br)s1)c1ccc(Br)cc1F. The molecular weight excluding hydrogens is 397 g/mol. The van der Waals surface area contributed by atoms with Crippen LogP contribution in [0.4, 0.5) is 4.39 Å². The first-order chi connectivity index (χ1) is 9.06. The third-order valence-electron chi connectivity index (χ3n) is 2.46. The van der Waals surface area contributed by atoms with E-state index in [0.717, 1.165) is 10.2 Å².